The average Bonchev–Trinajstić information content (AvgIpc) is 2.43. The summed E-state index contributed by atoms with van der Waals surface area (Å²) in [5.41, 5.74) is 0. The van der Waals surface area contributed by atoms with Gasteiger partial charge in [0.05, 0.1) is 7.11 Å². The van der Waals surface area contributed by atoms with Gasteiger partial charge in [-0.3, -0.25) is 0 Å². The number of anilines is 2. The molecule has 102 valence electrons. The third-order valence-corrected chi connectivity index (χ3v) is 3.37. The number of nitrogens with one attached hydrogen (secondary N) is 1. The van der Waals surface area contributed by atoms with Crippen LogP contribution in [0.4, 0.5) is 11.9 Å². The van der Waals surface area contributed by atoms with Gasteiger partial charge in [0.2, 0.25) is 11.9 Å². The molecule has 6 nitrogen and oxygen atoms in total. The van der Waals surface area contributed by atoms with E-state index in [-0.39, 0.29) is 0 Å². The normalized spacial score (nSPS) is 12.1. The first-order valence-corrected chi connectivity index (χ1v) is 7.21. The number of nitrogens with zero attached hydrogens (tertiary/aromatic N) is 4. The van der Waals surface area contributed by atoms with Crippen LogP contribution in [-0.2, 0) is 0 Å². The van der Waals surface area contributed by atoms with Crippen molar-refractivity contribution in [1.29, 1.82) is 0 Å². The van der Waals surface area contributed by atoms with Gasteiger partial charge in [0.25, 0.3) is 0 Å². The van der Waals surface area contributed by atoms with Gasteiger partial charge in [-0.15, -0.1) is 0 Å². The smallest absolute Gasteiger partial charge is 0.322 e. The molecule has 0 radical (unpaired) electrons. The molecule has 1 rings (SSSR count). The number of hydrogen-bond acceptors (Lipinski definition) is 7. The predicted octanol–water partition coefficient (Wildman–Crippen LogP) is 1.50. The van der Waals surface area contributed by atoms with Crippen molar-refractivity contribution in [3.8, 4) is 6.01 Å². The van der Waals surface area contributed by atoms with Gasteiger partial charge >= 0.3 is 6.01 Å². The minimum Gasteiger partial charge on any atom is -0.467 e. The Hall–Kier alpha value is -1.24. The second kappa shape index (κ2) is 7.25. The molecule has 18 heavy (non-hydrogen) atoms. The van der Waals surface area contributed by atoms with E-state index in [0.717, 1.165) is 12.2 Å². The first kappa shape index (κ1) is 14.8. The number of ether oxygens (including phenoxy) is 1. The molecule has 0 bridgehead atoms. The number of methoxy groups -OCH3 is 1. The highest BCUT2D eigenvalue weighted by molar-refractivity contribution is 7.98. The van der Waals surface area contributed by atoms with Gasteiger partial charge in [0.15, 0.2) is 0 Å². The fraction of sp³-hybridized carbons (Fsp3) is 0.727. The largest absolute Gasteiger partial charge is 0.467 e. The molecule has 1 atom stereocenters. The molecule has 1 N–H and O–H groups in total. The van der Waals surface area contributed by atoms with Crippen LogP contribution in [0, 0.1) is 0 Å². The van der Waals surface area contributed by atoms with Crippen LogP contribution in [0.15, 0.2) is 0 Å². The van der Waals surface area contributed by atoms with E-state index in [1.807, 2.05) is 23.7 Å². The van der Waals surface area contributed by atoms with Crippen molar-refractivity contribution in [2.45, 2.75) is 19.4 Å². The zero-order chi connectivity index (χ0) is 13.5. The van der Waals surface area contributed by atoms with Gasteiger partial charge in [-0.05, 0) is 25.4 Å². The molecule has 1 heterocycles. The fourth-order valence-electron chi connectivity index (χ4n) is 1.39. The molecule has 0 fully saturated rings. The summed E-state index contributed by atoms with van der Waals surface area (Å²) in [7, 11) is 5.31. The van der Waals surface area contributed by atoms with Crippen molar-refractivity contribution >= 4 is 23.7 Å². The van der Waals surface area contributed by atoms with Crippen LogP contribution >= 0.6 is 11.8 Å². The van der Waals surface area contributed by atoms with Gasteiger partial charge in [-0.1, -0.05) is 0 Å². The van der Waals surface area contributed by atoms with Crippen molar-refractivity contribution in [2.24, 2.45) is 0 Å². The molecular weight excluding hydrogens is 250 g/mol. The molecule has 0 spiro atoms. The summed E-state index contributed by atoms with van der Waals surface area (Å²) in [6.45, 7) is 2.16. The quantitative estimate of drug-likeness (QED) is 0.806. The van der Waals surface area contributed by atoms with Gasteiger partial charge < -0.3 is 15.0 Å². The highest BCUT2D eigenvalue weighted by Crippen LogP contribution is 2.17. The van der Waals surface area contributed by atoms with Crippen LogP contribution in [0.1, 0.15) is 13.3 Å². The van der Waals surface area contributed by atoms with Gasteiger partial charge in [-0.2, -0.15) is 26.7 Å². The Balaban J connectivity index is 2.86. The lowest BCUT2D eigenvalue weighted by molar-refractivity contribution is 0.378. The lowest BCUT2D eigenvalue weighted by Gasteiger charge is -2.24. The molecule has 0 amide bonds. The molecule has 0 aliphatic rings. The van der Waals surface area contributed by atoms with Crippen LogP contribution in [0.3, 0.4) is 0 Å². The maximum atomic E-state index is 5.08. The topological polar surface area (TPSA) is 63.2 Å². The highest BCUT2D eigenvalue weighted by Gasteiger charge is 2.15. The van der Waals surface area contributed by atoms with Crippen LogP contribution < -0.4 is 15.0 Å². The molecule has 0 aliphatic carbocycles. The molecule has 0 saturated heterocycles. The van der Waals surface area contributed by atoms with E-state index in [4.69, 9.17) is 4.74 Å². The summed E-state index contributed by atoms with van der Waals surface area (Å²) in [6, 6.07) is 0.697. The van der Waals surface area contributed by atoms with Gasteiger partial charge in [0, 0.05) is 20.1 Å². The van der Waals surface area contributed by atoms with E-state index in [2.05, 4.69) is 33.4 Å². The summed E-state index contributed by atoms with van der Waals surface area (Å²) < 4.78 is 5.08. The molecule has 1 unspecified atom stereocenters. The summed E-state index contributed by atoms with van der Waals surface area (Å²) >= 11 is 1.84. The minimum absolute atomic E-state index is 0.327. The number of rotatable bonds is 7. The number of aromatic nitrogens is 3. The van der Waals surface area contributed by atoms with Gasteiger partial charge in [-0.25, -0.2) is 0 Å². The molecule has 1 aromatic heterocycles. The Morgan fingerprint density at radius 3 is 2.67 bits per heavy atom. The standard InChI is InChI=1S/C11H21N5OS/c1-8(6-7-18-5)16(3)10-13-9(12-2)14-11(15-10)17-4/h8H,6-7H2,1-5H3,(H,12,13,14,15). The molecule has 0 saturated carbocycles. The van der Waals surface area contributed by atoms with E-state index in [1.54, 1.807) is 14.2 Å². The molecule has 7 heteroatoms. The lowest BCUT2D eigenvalue weighted by atomic mass is 10.2. The van der Waals surface area contributed by atoms with E-state index >= 15 is 0 Å². The monoisotopic (exact) mass is 271 g/mol. The Kier molecular flexibility index (Phi) is 5.97. The van der Waals surface area contributed by atoms with Crippen molar-refractivity contribution in [2.75, 3.05) is 43.4 Å². The lowest BCUT2D eigenvalue weighted by Crippen LogP contribution is -2.31. The molecule has 0 aliphatic heterocycles. The van der Waals surface area contributed by atoms with Crippen molar-refractivity contribution in [3.05, 3.63) is 0 Å². The Morgan fingerprint density at radius 2 is 2.11 bits per heavy atom. The second-order valence-electron chi connectivity index (χ2n) is 3.94. The third-order valence-electron chi connectivity index (χ3n) is 2.73. The maximum absolute atomic E-state index is 5.08. The van der Waals surface area contributed by atoms with Crippen molar-refractivity contribution in [1.82, 2.24) is 15.0 Å². The van der Waals surface area contributed by atoms with Crippen LogP contribution in [-0.4, -0.2) is 54.2 Å². The zero-order valence-electron chi connectivity index (χ0n) is 11.6. The number of thioether (sulfide) groups is 1. The minimum atomic E-state index is 0.327. The zero-order valence-corrected chi connectivity index (χ0v) is 12.4. The van der Waals surface area contributed by atoms with Gasteiger partial charge in [0.1, 0.15) is 0 Å². The Morgan fingerprint density at radius 1 is 1.39 bits per heavy atom. The highest BCUT2D eigenvalue weighted by atomic mass is 32.2. The Labute approximate surface area is 113 Å². The first-order chi connectivity index (χ1) is 8.62. The summed E-state index contributed by atoms with van der Waals surface area (Å²) in [5.74, 6) is 2.26. The number of hydrogen-bond donors (Lipinski definition) is 1. The third kappa shape index (κ3) is 3.90. The molecule has 0 aromatic carbocycles. The summed E-state index contributed by atoms with van der Waals surface area (Å²) in [4.78, 5) is 14.7. The molecular formula is C11H21N5OS. The van der Waals surface area contributed by atoms with E-state index in [0.29, 0.717) is 23.9 Å². The van der Waals surface area contributed by atoms with E-state index in [1.165, 1.54) is 0 Å². The van der Waals surface area contributed by atoms with E-state index < -0.39 is 0 Å². The molecule has 1 aromatic rings. The van der Waals surface area contributed by atoms with Crippen molar-refractivity contribution < 1.29 is 4.74 Å². The Bertz CT molecular complexity index is 354. The van der Waals surface area contributed by atoms with E-state index in [9.17, 15) is 0 Å². The van der Waals surface area contributed by atoms with Crippen LogP contribution in [0.2, 0.25) is 0 Å². The predicted molar refractivity (Wildman–Crippen MR) is 76.8 cm³/mol. The maximum Gasteiger partial charge on any atom is 0.322 e. The SMILES string of the molecule is CNc1nc(OC)nc(N(C)C(C)CCSC)n1. The second-order valence-corrected chi connectivity index (χ2v) is 4.92. The average molecular weight is 271 g/mol. The fourth-order valence-corrected chi connectivity index (χ4v) is 1.96. The van der Waals surface area contributed by atoms with Crippen LogP contribution in [0.5, 0.6) is 6.01 Å². The summed E-state index contributed by atoms with van der Waals surface area (Å²) in [6.07, 6.45) is 3.19. The van der Waals surface area contributed by atoms with Crippen molar-refractivity contribution in [3.63, 3.8) is 0 Å². The summed E-state index contributed by atoms with van der Waals surface area (Å²) in [5, 5.41) is 2.91. The van der Waals surface area contributed by atoms with Crippen LogP contribution in [0.25, 0.3) is 0 Å². The first-order valence-electron chi connectivity index (χ1n) is 5.82.